The van der Waals surface area contributed by atoms with Gasteiger partial charge in [0.15, 0.2) is 0 Å². The van der Waals surface area contributed by atoms with Crippen LogP contribution in [0.5, 0.6) is 0 Å². The molecule has 0 atom stereocenters. The van der Waals surface area contributed by atoms with Gasteiger partial charge < -0.3 is 0 Å². The highest BCUT2D eigenvalue weighted by molar-refractivity contribution is 5.99. The maximum absolute atomic E-state index is 12.0. The van der Waals surface area contributed by atoms with E-state index in [9.17, 15) is 4.79 Å². The minimum atomic E-state index is -0.107. The number of benzene rings is 2. The Morgan fingerprint density at radius 3 is 2.57 bits per heavy atom. The van der Waals surface area contributed by atoms with Crippen LogP contribution in [0.1, 0.15) is 16.8 Å². The molecule has 1 heterocycles. The SMILES string of the molecule is Cc1cc(C)n(N=Cc2cccc3ccccc23)c(=O)c1. The monoisotopic (exact) mass is 276 g/mol. The first-order valence-electron chi connectivity index (χ1n) is 6.87. The first-order valence-corrected chi connectivity index (χ1v) is 6.87. The van der Waals surface area contributed by atoms with Gasteiger partial charge in [-0.1, -0.05) is 42.5 Å². The zero-order valence-electron chi connectivity index (χ0n) is 12.1. The molecule has 21 heavy (non-hydrogen) atoms. The molecule has 0 fully saturated rings. The smallest absolute Gasteiger partial charge is 0.267 e. The number of aryl methyl sites for hydroxylation is 2. The highest BCUT2D eigenvalue weighted by Crippen LogP contribution is 2.16. The third-order valence-corrected chi connectivity index (χ3v) is 3.47. The van der Waals surface area contributed by atoms with Crippen molar-refractivity contribution < 1.29 is 0 Å². The Bertz CT molecular complexity index is 886. The van der Waals surface area contributed by atoms with E-state index >= 15 is 0 Å². The third kappa shape index (κ3) is 2.63. The van der Waals surface area contributed by atoms with Crippen LogP contribution in [0, 0.1) is 13.8 Å². The highest BCUT2D eigenvalue weighted by Gasteiger charge is 2.00. The van der Waals surface area contributed by atoms with Gasteiger partial charge in [0.1, 0.15) is 0 Å². The fourth-order valence-electron chi connectivity index (χ4n) is 2.49. The largest absolute Gasteiger partial charge is 0.271 e. The van der Waals surface area contributed by atoms with Crippen LogP contribution >= 0.6 is 0 Å². The van der Waals surface area contributed by atoms with Gasteiger partial charge in [-0.05, 0) is 36.2 Å². The van der Waals surface area contributed by atoms with Crippen molar-refractivity contribution in [1.82, 2.24) is 4.68 Å². The van der Waals surface area contributed by atoms with Crippen LogP contribution in [0.25, 0.3) is 10.8 Å². The zero-order valence-corrected chi connectivity index (χ0v) is 12.1. The van der Waals surface area contributed by atoms with Crippen LogP contribution in [0.3, 0.4) is 0 Å². The lowest BCUT2D eigenvalue weighted by Crippen LogP contribution is -2.18. The summed E-state index contributed by atoms with van der Waals surface area (Å²) in [5, 5.41) is 6.63. The molecule has 3 aromatic rings. The van der Waals surface area contributed by atoms with Crippen molar-refractivity contribution in [2.75, 3.05) is 0 Å². The lowest BCUT2D eigenvalue weighted by atomic mass is 10.1. The van der Waals surface area contributed by atoms with Crippen molar-refractivity contribution in [3.8, 4) is 0 Å². The van der Waals surface area contributed by atoms with E-state index in [0.717, 1.165) is 27.6 Å². The normalized spacial score (nSPS) is 11.3. The molecule has 0 aliphatic heterocycles. The second-order valence-electron chi connectivity index (χ2n) is 5.14. The average molecular weight is 276 g/mol. The summed E-state index contributed by atoms with van der Waals surface area (Å²) in [6.07, 6.45) is 1.74. The van der Waals surface area contributed by atoms with Crippen LogP contribution in [-0.4, -0.2) is 10.9 Å². The molecular weight excluding hydrogens is 260 g/mol. The first kappa shape index (κ1) is 13.3. The van der Waals surface area contributed by atoms with Gasteiger partial charge in [0.05, 0.1) is 6.21 Å². The quantitative estimate of drug-likeness (QED) is 0.660. The van der Waals surface area contributed by atoms with Crippen molar-refractivity contribution in [1.29, 1.82) is 0 Å². The number of hydrogen-bond acceptors (Lipinski definition) is 2. The van der Waals surface area contributed by atoms with Gasteiger partial charge in [0, 0.05) is 17.3 Å². The van der Waals surface area contributed by atoms with E-state index < -0.39 is 0 Å². The van der Waals surface area contributed by atoms with E-state index in [1.165, 1.54) is 4.68 Å². The molecule has 104 valence electrons. The van der Waals surface area contributed by atoms with E-state index in [1.807, 2.05) is 44.2 Å². The second-order valence-corrected chi connectivity index (χ2v) is 5.14. The van der Waals surface area contributed by atoms with Crippen LogP contribution in [0.15, 0.2) is 64.5 Å². The maximum Gasteiger partial charge on any atom is 0.271 e. The summed E-state index contributed by atoms with van der Waals surface area (Å²) in [6, 6.07) is 17.7. The van der Waals surface area contributed by atoms with Crippen molar-refractivity contribution in [3.63, 3.8) is 0 Å². The average Bonchev–Trinajstić information content (AvgIpc) is 2.46. The van der Waals surface area contributed by atoms with Crippen molar-refractivity contribution in [2.24, 2.45) is 5.10 Å². The Morgan fingerprint density at radius 1 is 1.00 bits per heavy atom. The lowest BCUT2D eigenvalue weighted by molar-refractivity contribution is 0.791. The summed E-state index contributed by atoms with van der Waals surface area (Å²) in [7, 11) is 0. The molecule has 0 aliphatic carbocycles. The van der Waals surface area contributed by atoms with E-state index in [-0.39, 0.29) is 5.56 Å². The second kappa shape index (κ2) is 5.37. The Balaban J connectivity index is 2.09. The Morgan fingerprint density at radius 2 is 1.76 bits per heavy atom. The summed E-state index contributed by atoms with van der Waals surface area (Å²) in [4.78, 5) is 12.0. The zero-order chi connectivity index (χ0) is 14.8. The summed E-state index contributed by atoms with van der Waals surface area (Å²) in [5.41, 5.74) is 2.68. The van der Waals surface area contributed by atoms with Gasteiger partial charge in [0.25, 0.3) is 5.56 Å². The molecule has 0 N–H and O–H groups in total. The standard InChI is InChI=1S/C18H16N2O/c1-13-10-14(2)20(18(21)11-13)19-12-16-8-5-7-15-6-3-4-9-17(15)16/h3-12H,1-2H3. The Kier molecular flexibility index (Phi) is 3.40. The highest BCUT2D eigenvalue weighted by atomic mass is 16.1. The lowest BCUT2D eigenvalue weighted by Gasteiger charge is -2.05. The molecule has 2 aromatic carbocycles. The summed E-state index contributed by atoms with van der Waals surface area (Å²) in [6.45, 7) is 3.79. The first-order chi connectivity index (χ1) is 10.1. The van der Waals surface area contributed by atoms with Gasteiger partial charge in [-0.2, -0.15) is 5.10 Å². The fraction of sp³-hybridized carbons (Fsp3) is 0.111. The Hall–Kier alpha value is -2.68. The van der Waals surface area contributed by atoms with Crippen LogP contribution in [0.2, 0.25) is 0 Å². The predicted molar refractivity (Wildman–Crippen MR) is 87.1 cm³/mol. The van der Waals surface area contributed by atoms with Gasteiger partial charge in [-0.3, -0.25) is 4.79 Å². The van der Waals surface area contributed by atoms with Crippen LogP contribution in [0.4, 0.5) is 0 Å². The molecule has 3 nitrogen and oxygen atoms in total. The van der Waals surface area contributed by atoms with Crippen molar-refractivity contribution in [3.05, 3.63) is 81.8 Å². The number of nitrogens with zero attached hydrogens (tertiary/aromatic N) is 2. The minimum Gasteiger partial charge on any atom is -0.267 e. The molecule has 3 heteroatoms. The fourth-order valence-corrected chi connectivity index (χ4v) is 2.49. The summed E-state index contributed by atoms with van der Waals surface area (Å²) >= 11 is 0. The van der Waals surface area contributed by atoms with Crippen LogP contribution < -0.4 is 5.56 Å². The molecule has 3 rings (SSSR count). The van der Waals surface area contributed by atoms with Crippen LogP contribution in [-0.2, 0) is 0 Å². The molecule has 0 aliphatic rings. The molecule has 0 saturated heterocycles. The molecule has 0 unspecified atom stereocenters. The Labute approximate surface area is 123 Å². The molecular formula is C18H16N2O. The third-order valence-electron chi connectivity index (χ3n) is 3.47. The summed E-state index contributed by atoms with van der Waals surface area (Å²) in [5.74, 6) is 0. The minimum absolute atomic E-state index is 0.107. The number of hydrogen-bond donors (Lipinski definition) is 0. The number of fused-ring (bicyclic) bond motifs is 1. The summed E-state index contributed by atoms with van der Waals surface area (Å²) < 4.78 is 1.43. The number of aromatic nitrogens is 1. The van der Waals surface area contributed by atoms with Crippen molar-refractivity contribution in [2.45, 2.75) is 13.8 Å². The topological polar surface area (TPSA) is 34.4 Å². The van der Waals surface area contributed by atoms with Gasteiger partial charge in [-0.25, -0.2) is 4.68 Å². The van der Waals surface area contributed by atoms with Gasteiger partial charge in [0.2, 0.25) is 0 Å². The molecule has 0 radical (unpaired) electrons. The number of rotatable bonds is 2. The maximum atomic E-state index is 12.0. The van der Waals surface area contributed by atoms with E-state index in [2.05, 4.69) is 23.3 Å². The van der Waals surface area contributed by atoms with Crippen molar-refractivity contribution >= 4 is 17.0 Å². The predicted octanol–water partition coefficient (Wildman–Crippen LogP) is 3.50. The molecule has 1 aromatic heterocycles. The van der Waals surface area contributed by atoms with E-state index in [1.54, 1.807) is 12.3 Å². The molecule has 0 spiro atoms. The van der Waals surface area contributed by atoms with Gasteiger partial charge >= 0.3 is 0 Å². The molecule has 0 saturated carbocycles. The van der Waals surface area contributed by atoms with Gasteiger partial charge in [-0.15, -0.1) is 0 Å². The molecule has 0 bridgehead atoms. The van der Waals surface area contributed by atoms with E-state index in [0.29, 0.717) is 0 Å². The number of pyridine rings is 1. The molecule has 0 amide bonds. The van der Waals surface area contributed by atoms with E-state index in [4.69, 9.17) is 0 Å².